The van der Waals surface area contributed by atoms with Crippen LogP contribution in [-0.4, -0.2) is 40.7 Å². The minimum atomic E-state index is -2.64. The molecular weight excluding hydrogens is 330 g/mol. The lowest BCUT2D eigenvalue weighted by molar-refractivity contribution is -0.0265. The third kappa shape index (κ3) is 3.05. The lowest BCUT2D eigenvalue weighted by atomic mass is 10.1. The number of pyridine rings is 1. The van der Waals surface area contributed by atoms with Crippen molar-refractivity contribution >= 4 is 5.69 Å². The Labute approximate surface area is 143 Å². The Hall–Kier alpha value is -2.25. The summed E-state index contributed by atoms with van der Waals surface area (Å²) in [6.45, 7) is -0.00996. The van der Waals surface area contributed by atoms with E-state index in [9.17, 15) is 8.78 Å². The Balaban J connectivity index is 1.42. The lowest BCUT2D eigenvalue weighted by Crippen LogP contribution is -2.56. The molecule has 1 saturated heterocycles. The Kier molecular flexibility index (Phi) is 3.23. The minimum Gasteiger partial charge on any atom is -0.491 e. The Morgan fingerprint density at radius 2 is 2.04 bits per heavy atom. The second kappa shape index (κ2) is 5.37. The minimum absolute atomic E-state index is 0.304. The average molecular weight is 348 g/mol. The first-order chi connectivity index (χ1) is 12.1. The SMILES string of the molecule is FC1(F)CN(c2cnc(-c3noc(C4CC4)n3)cc2OCC2CC2)C1. The van der Waals surface area contributed by atoms with Crippen molar-refractivity contribution in [1.82, 2.24) is 15.1 Å². The molecule has 2 aromatic heterocycles. The van der Waals surface area contributed by atoms with Gasteiger partial charge in [0.05, 0.1) is 31.6 Å². The highest BCUT2D eigenvalue weighted by Crippen LogP contribution is 2.41. The van der Waals surface area contributed by atoms with Crippen LogP contribution < -0.4 is 9.64 Å². The van der Waals surface area contributed by atoms with E-state index in [1.807, 2.05) is 0 Å². The summed E-state index contributed by atoms with van der Waals surface area (Å²) in [5, 5.41) is 3.99. The Morgan fingerprint density at radius 3 is 2.72 bits per heavy atom. The second-order valence-corrected chi connectivity index (χ2v) is 7.23. The van der Waals surface area contributed by atoms with Crippen molar-refractivity contribution in [1.29, 1.82) is 0 Å². The number of rotatable bonds is 6. The number of alkyl halides is 2. The molecule has 0 amide bonds. The maximum absolute atomic E-state index is 13.2. The molecular formula is C17H18F2N4O2. The van der Waals surface area contributed by atoms with E-state index in [1.165, 1.54) is 0 Å². The van der Waals surface area contributed by atoms with Crippen molar-refractivity contribution in [2.45, 2.75) is 37.5 Å². The van der Waals surface area contributed by atoms with Gasteiger partial charge in [-0.25, -0.2) is 8.78 Å². The monoisotopic (exact) mass is 348 g/mol. The summed E-state index contributed by atoms with van der Waals surface area (Å²) in [5.74, 6) is -0.0878. The van der Waals surface area contributed by atoms with Gasteiger partial charge >= 0.3 is 0 Å². The summed E-state index contributed by atoms with van der Waals surface area (Å²) in [6.07, 6.45) is 6.04. The largest absolute Gasteiger partial charge is 0.491 e. The molecule has 2 aliphatic carbocycles. The zero-order valence-corrected chi connectivity index (χ0v) is 13.6. The molecule has 0 unspecified atom stereocenters. The smallest absolute Gasteiger partial charge is 0.282 e. The van der Waals surface area contributed by atoms with E-state index in [4.69, 9.17) is 9.26 Å². The molecule has 6 nitrogen and oxygen atoms in total. The molecule has 2 saturated carbocycles. The topological polar surface area (TPSA) is 64.3 Å². The highest BCUT2D eigenvalue weighted by atomic mass is 19.3. The fourth-order valence-corrected chi connectivity index (χ4v) is 2.92. The molecule has 132 valence electrons. The maximum atomic E-state index is 13.2. The van der Waals surface area contributed by atoms with E-state index in [-0.39, 0.29) is 13.1 Å². The van der Waals surface area contributed by atoms with Crippen molar-refractivity contribution in [3.8, 4) is 17.3 Å². The maximum Gasteiger partial charge on any atom is 0.282 e. The second-order valence-electron chi connectivity index (χ2n) is 7.23. The van der Waals surface area contributed by atoms with Crippen LogP contribution in [0.4, 0.5) is 14.5 Å². The summed E-state index contributed by atoms with van der Waals surface area (Å²) >= 11 is 0. The van der Waals surface area contributed by atoms with Crippen LogP contribution in [0.5, 0.6) is 5.75 Å². The first-order valence-corrected chi connectivity index (χ1v) is 8.67. The van der Waals surface area contributed by atoms with Gasteiger partial charge in [0.15, 0.2) is 0 Å². The van der Waals surface area contributed by atoms with Gasteiger partial charge in [0, 0.05) is 12.0 Å². The van der Waals surface area contributed by atoms with Crippen LogP contribution in [0.1, 0.15) is 37.5 Å². The standard InChI is InChI=1S/C17H18F2N4O2/c18-17(19)8-23(9-17)13-6-20-12(5-14(13)24-7-10-1-2-10)15-21-16(25-22-15)11-3-4-11/h5-6,10-11H,1-4,7-9H2. The molecule has 25 heavy (non-hydrogen) atoms. The number of anilines is 1. The molecule has 3 fully saturated rings. The van der Waals surface area contributed by atoms with E-state index in [2.05, 4.69) is 15.1 Å². The number of aromatic nitrogens is 3. The highest BCUT2D eigenvalue weighted by molar-refractivity contribution is 5.65. The van der Waals surface area contributed by atoms with Crippen molar-refractivity contribution in [3.63, 3.8) is 0 Å². The zero-order chi connectivity index (χ0) is 17.0. The fraction of sp³-hybridized carbons (Fsp3) is 0.588. The van der Waals surface area contributed by atoms with Crippen molar-refractivity contribution < 1.29 is 18.0 Å². The van der Waals surface area contributed by atoms with Crippen molar-refractivity contribution in [3.05, 3.63) is 18.2 Å². The molecule has 3 aliphatic rings. The highest BCUT2D eigenvalue weighted by Gasteiger charge is 2.45. The molecule has 0 N–H and O–H groups in total. The molecule has 2 aromatic rings. The number of hydrogen-bond donors (Lipinski definition) is 0. The first-order valence-electron chi connectivity index (χ1n) is 8.67. The Morgan fingerprint density at radius 1 is 1.24 bits per heavy atom. The van der Waals surface area contributed by atoms with E-state index in [0.29, 0.717) is 47.3 Å². The van der Waals surface area contributed by atoms with Gasteiger partial charge in [-0.2, -0.15) is 4.98 Å². The fourth-order valence-electron chi connectivity index (χ4n) is 2.92. The predicted molar refractivity (Wildman–Crippen MR) is 84.9 cm³/mol. The zero-order valence-electron chi connectivity index (χ0n) is 13.6. The van der Waals surface area contributed by atoms with E-state index in [1.54, 1.807) is 17.2 Å². The molecule has 0 aromatic carbocycles. The molecule has 5 rings (SSSR count). The molecule has 3 heterocycles. The number of ether oxygens (including phenoxy) is 1. The molecule has 0 radical (unpaired) electrons. The van der Waals surface area contributed by atoms with Crippen molar-refractivity contribution in [2.24, 2.45) is 5.92 Å². The molecule has 0 atom stereocenters. The van der Waals surface area contributed by atoms with Crippen LogP contribution in [-0.2, 0) is 0 Å². The number of hydrogen-bond acceptors (Lipinski definition) is 6. The van der Waals surface area contributed by atoms with E-state index >= 15 is 0 Å². The van der Waals surface area contributed by atoms with Crippen LogP contribution in [0.25, 0.3) is 11.5 Å². The summed E-state index contributed by atoms with van der Waals surface area (Å²) < 4.78 is 37.6. The van der Waals surface area contributed by atoms with Gasteiger partial charge < -0.3 is 14.2 Å². The molecule has 0 bridgehead atoms. The number of halogens is 2. The van der Waals surface area contributed by atoms with Gasteiger partial charge in [0.1, 0.15) is 11.4 Å². The van der Waals surface area contributed by atoms with Crippen LogP contribution in [0.15, 0.2) is 16.8 Å². The van der Waals surface area contributed by atoms with Gasteiger partial charge in [0.25, 0.3) is 5.92 Å². The molecule has 8 heteroatoms. The average Bonchev–Trinajstić information content (AvgIpc) is 3.50. The van der Waals surface area contributed by atoms with E-state index < -0.39 is 5.92 Å². The lowest BCUT2D eigenvalue weighted by Gasteiger charge is -2.40. The van der Waals surface area contributed by atoms with Gasteiger partial charge in [-0.1, -0.05) is 5.16 Å². The van der Waals surface area contributed by atoms with Crippen LogP contribution in [0.3, 0.4) is 0 Å². The van der Waals surface area contributed by atoms with Crippen LogP contribution >= 0.6 is 0 Å². The van der Waals surface area contributed by atoms with Gasteiger partial charge in [-0.3, -0.25) is 4.98 Å². The van der Waals surface area contributed by atoms with Gasteiger partial charge in [0.2, 0.25) is 11.7 Å². The Bertz CT molecular complexity index is 794. The predicted octanol–water partition coefficient (Wildman–Crippen LogP) is 3.25. The number of nitrogens with zero attached hydrogens (tertiary/aromatic N) is 4. The normalized spacial score (nSPS) is 21.9. The molecule has 0 spiro atoms. The summed E-state index contributed by atoms with van der Waals surface area (Å²) in [6, 6.07) is 1.73. The third-order valence-corrected chi connectivity index (χ3v) is 4.80. The van der Waals surface area contributed by atoms with E-state index in [0.717, 1.165) is 25.7 Å². The quantitative estimate of drug-likeness (QED) is 0.798. The summed E-state index contributed by atoms with van der Waals surface area (Å²) in [4.78, 5) is 10.3. The third-order valence-electron chi connectivity index (χ3n) is 4.80. The van der Waals surface area contributed by atoms with Crippen molar-refractivity contribution in [2.75, 3.05) is 24.6 Å². The van der Waals surface area contributed by atoms with Crippen LogP contribution in [0, 0.1) is 5.92 Å². The molecule has 1 aliphatic heterocycles. The summed E-state index contributed by atoms with van der Waals surface area (Å²) in [7, 11) is 0. The van der Waals surface area contributed by atoms with Gasteiger partial charge in [-0.05, 0) is 31.6 Å². The van der Waals surface area contributed by atoms with Crippen LogP contribution in [0.2, 0.25) is 0 Å². The summed E-state index contributed by atoms with van der Waals surface area (Å²) in [5.41, 5.74) is 1.14. The van der Waals surface area contributed by atoms with Gasteiger partial charge in [-0.15, -0.1) is 0 Å². The first kappa shape index (κ1) is 15.0.